The van der Waals surface area contributed by atoms with Crippen LogP contribution in [0.3, 0.4) is 0 Å². The van der Waals surface area contributed by atoms with Crippen LogP contribution in [-0.4, -0.2) is 0 Å². The third-order valence-electron chi connectivity index (χ3n) is 2.04. The first kappa shape index (κ1) is 11.0. The molecule has 0 saturated heterocycles. The van der Waals surface area contributed by atoms with E-state index in [4.69, 9.17) is 0 Å². The van der Waals surface area contributed by atoms with Crippen LogP contribution in [0.25, 0.3) is 0 Å². The number of hydrogen-bond acceptors (Lipinski definition) is 0. The molecule has 0 saturated carbocycles. The van der Waals surface area contributed by atoms with Crippen molar-refractivity contribution in [1.82, 2.24) is 0 Å². The Labute approximate surface area is 79.6 Å². The molecule has 0 aliphatic carbocycles. The Bertz CT molecular complexity index is 339. The SMILES string of the molecule is CCc1cc(C(F)(F)F)cc(C)c1F. The molecule has 1 rings (SSSR count). The van der Waals surface area contributed by atoms with Crippen LogP contribution < -0.4 is 0 Å². The smallest absolute Gasteiger partial charge is 0.206 e. The van der Waals surface area contributed by atoms with Crippen LogP contribution in [0.15, 0.2) is 12.1 Å². The third-order valence-corrected chi connectivity index (χ3v) is 2.04. The molecule has 1 aromatic rings. The number of halogens is 4. The average molecular weight is 206 g/mol. The number of alkyl halides is 3. The summed E-state index contributed by atoms with van der Waals surface area (Å²) in [6, 6.07) is 1.69. The molecule has 0 aromatic heterocycles. The molecule has 0 nitrogen and oxygen atoms in total. The van der Waals surface area contributed by atoms with Gasteiger partial charge in [-0.15, -0.1) is 0 Å². The number of hydrogen-bond donors (Lipinski definition) is 0. The van der Waals surface area contributed by atoms with Gasteiger partial charge in [0.15, 0.2) is 0 Å². The lowest BCUT2D eigenvalue weighted by molar-refractivity contribution is -0.137. The van der Waals surface area contributed by atoms with E-state index in [9.17, 15) is 17.6 Å². The van der Waals surface area contributed by atoms with Gasteiger partial charge in [0.2, 0.25) is 0 Å². The van der Waals surface area contributed by atoms with Gasteiger partial charge in [0, 0.05) is 0 Å². The van der Waals surface area contributed by atoms with Gasteiger partial charge in [-0.1, -0.05) is 6.92 Å². The molecule has 0 aliphatic rings. The molecule has 0 aliphatic heterocycles. The van der Waals surface area contributed by atoms with E-state index in [-0.39, 0.29) is 17.5 Å². The van der Waals surface area contributed by atoms with E-state index >= 15 is 0 Å². The van der Waals surface area contributed by atoms with E-state index in [1.807, 2.05) is 0 Å². The summed E-state index contributed by atoms with van der Waals surface area (Å²) < 4.78 is 50.1. The maximum Gasteiger partial charge on any atom is 0.416 e. The molecule has 0 unspecified atom stereocenters. The van der Waals surface area contributed by atoms with Crippen LogP contribution in [0.5, 0.6) is 0 Å². The number of benzene rings is 1. The summed E-state index contributed by atoms with van der Waals surface area (Å²) in [6.07, 6.45) is -4.14. The molecule has 1 aromatic carbocycles. The predicted octanol–water partition coefficient (Wildman–Crippen LogP) is 3.72. The van der Waals surface area contributed by atoms with Gasteiger partial charge in [-0.05, 0) is 36.6 Å². The molecule has 0 atom stereocenters. The van der Waals surface area contributed by atoms with Gasteiger partial charge in [0.05, 0.1) is 5.56 Å². The van der Waals surface area contributed by atoms with Crippen LogP contribution in [-0.2, 0) is 12.6 Å². The first-order valence-electron chi connectivity index (χ1n) is 4.22. The summed E-state index contributed by atoms with van der Waals surface area (Å²) in [7, 11) is 0. The summed E-state index contributed by atoms with van der Waals surface area (Å²) in [5.74, 6) is -0.541. The van der Waals surface area contributed by atoms with E-state index in [1.54, 1.807) is 6.92 Å². The van der Waals surface area contributed by atoms with Gasteiger partial charge in [0.1, 0.15) is 5.82 Å². The molecular formula is C10H10F4. The van der Waals surface area contributed by atoms with Gasteiger partial charge in [-0.3, -0.25) is 0 Å². The molecular weight excluding hydrogens is 196 g/mol. The molecule has 0 heterocycles. The van der Waals surface area contributed by atoms with Gasteiger partial charge >= 0.3 is 6.18 Å². The standard InChI is InChI=1S/C10H10F4/c1-3-7-5-8(10(12,13)14)4-6(2)9(7)11/h4-5H,3H2,1-2H3. The van der Waals surface area contributed by atoms with Crippen molar-refractivity contribution in [1.29, 1.82) is 0 Å². The highest BCUT2D eigenvalue weighted by Gasteiger charge is 2.31. The molecule has 0 N–H and O–H groups in total. The maximum atomic E-state index is 13.2. The zero-order valence-electron chi connectivity index (χ0n) is 7.87. The zero-order chi connectivity index (χ0) is 10.9. The van der Waals surface area contributed by atoms with E-state index in [0.717, 1.165) is 12.1 Å². The summed E-state index contributed by atoms with van der Waals surface area (Å²) in [4.78, 5) is 0. The summed E-state index contributed by atoms with van der Waals surface area (Å²) in [5.41, 5.74) is -0.637. The molecule has 0 amide bonds. The number of rotatable bonds is 1. The Morgan fingerprint density at radius 3 is 2.21 bits per heavy atom. The second kappa shape index (κ2) is 3.59. The van der Waals surface area contributed by atoms with E-state index in [2.05, 4.69) is 0 Å². The summed E-state index contributed by atoms with van der Waals surface area (Å²) >= 11 is 0. The van der Waals surface area contributed by atoms with Crippen molar-refractivity contribution < 1.29 is 17.6 Å². The first-order valence-corrected chi connectivity index (χ1v) is 4.22. The highest BCUT2D eigenvalue weighted by atomic mass is 19.4. The topological polar surface area (TPSA) is 0 Å². The fourth-order valence-electron chi connectivity index (χ4n) is 1.26. The Morgan fingerprint density at radius 1 is 1.21 bits per heavy atom. The largest absolute Gasteiger partial charge is 0.416 e. The van der Waals surface area contributed by atoms with Crippen LogP contribution >= 0.6 is 0 Å². The lowest BCUT2D eigenvalue weighted by atomic mass is 10.0. The molecule has 4 heteroatoms. The second-order valence-electron chi connectivity index (χ2n) is 3.12. The van der Waals surface area contributed by atoms with Crippen LogP contribution in [0.4, 0.5) is 17.6 Å². The minimum absolute atomic E-state index is 0.0386. The van der Waals surface area contributed by atoms with Crippen molar-refractivity contribution in [2.24, 2.45) is 0 Å². The highest BCUT2D eigenvalue weighted by molar-refractivity contribution is 5.32. The first-order chi connectivity index (χ1) is 6.36. The van der Waals surface area contributed by atoms with Crippen molar-refractivity contribution in [2.75, 3.05) is 0 Å². The van der Waals surface area contributed by atoms with Crippen molar-refractivity contribution in [3.05, 3.63) is 34.6 Å². The van der Waals surface area contributed by atoms with Gasteiger partial charge in [-0.25, -0.2) is 4.39 Å². The Kier molecular flexibility index (Phi) is 2.83. The van der Waals surface area contributed by atoms with E-state index < -0.39 is 17.6 Å². The Hall–Kier alpha value is -1.06. The van der Waals surface area contributed by atoms with Crippen LogP contribution in [0.2, 0.25) is 0 Å². The Balaban J connectivity index is 3.30. The van der Waals surface area contributed by atoms with Crippen molar-refractivity contribution >= 4 is 0 Å². The number of aryl methyl sites for hydroxylation is 2. The summed E-state index contributed by atoms with van der Waals surface area (Å²) in [5, 5.41) is 0. The zero-order valence-corrected chi connectivity index (χ0v) is 7.87. The molecule has 78 valence electrons. The molecule has 14 heavy (non-hydrogen) atoms. The van der Waals surface area contributed by atoms with Crippen LogP contribution in [0.1, 0.15) is 23.6 Å². The van der Waals surface area contributed by atoms with Gasteiger partial charge < -0.3 is 0 Å². The Morgan fingerprint density at radius 2 is 1.79 bits per heavy atom. The highest BCUT2D eigenvalue weighted by Crippen LogP contribution is 2.31. The predicted molar refractivity (Wildman–Crippen MR) is 45.5 cm³/mol. The fourth-order valence-corrected chi connectivity index (χ4v) is 1.26. The average Bonchev–Trinajstić information content (AvgIpc) is 2.07. The van der Waals surface area contributed by atoms with Gasteiger partial charge in [-0.2, -0.15) is 13.2 Å². The normalized spacial score (nSPS) is 11.9. The minimum atomic E-state index is -4.40. The maximum absolute atomic E-state index is 13.2. The van der Waals surface area contributed by atoms with Crippen molar-refractivity contribution in [2.45, 2.75) is 26.4 Å². The van der Waals surface area contributed by atoms with Crippen molar-refractivity contribution in [3.8, 4) is 0 Å². The molecule has 0 spiro atoms. The van der Waals surface area contributed by atoms with Crippen molar-refractivity contribution in [3.63, 3.8) is 0 Å². The molecule has 0 radical (unpaired) electrons. The quantitative estimate of drug-likeness (QED) is 0.614. The second-order valence-corrected chi connectivity index (χ2v) is 3.12. The third kappa shape index (κ3) is 2.05. The lowest BCUT2D eigenvalue weighted by Crippen LogP contribution is -2.07. The van der Waals surface area contributed by atoms with E-state index in [0.29, 0.717) is 0 Å². The monoisotopic (exact) mass is 206 g/mol. The lowest BCUT2D eigenvalue weighted by Gasteiger charge is -2.10. The molecule has 0 fully saturated rings. The molecule has 0 bridgehead atoms. The van der Waals surface area contributed by atoms with Gasteiger partial charge in [0.25, 0.3) is 0 Å². The minimum Gasteiger partial charge on any atom is -0.206 e. The van der Waals surface area contributed by atoms with E-state index in [1.165, 1.54) is 6.92 Å². The summed E-state index contributed by atoms with van der Waals surface area (Å²) in [6.45, 7) is 2.96. The van der Waals surface area contributed by atoms with Crippen LogP contribution in [0, 0.1) is 12.7 Å². The fraction of sp³-hybridized carbons (Fsp3) is 0.400.